The fraction of sp³-hybridized carbons (Fsp3) is 0.200. The summed E-state index contributed by atoms with van der Waals surface area (Å²) in [6.45, 7) is 1.49. The molecule has 0 saturated heterocycles. The minimum Gasteiger partial charge on any atom is -0.306 e. The molecule has 0 atom stereocenters. The maximum absolute atomic E-state index is 14.0. The highest BCUT2D eigenvalue weighted by Gasteiger charge is 2.23. The number of H-pyrrole nitrogens is 1. The molecule has 1 aromatic heterocycles. The Hall–Kier alpha value is -2.50. The molecule has 0 aliphatic carbocycles. The lowest BCUT2D eigenvalue weighted by molar-refractivity contribution is 0.238. The molecular formula is C20H17ClFN3O. The number of aromatic amines is 1. The van der Waals surface area contributed by atoms with Gasteiger partial charge < -0.3 is 4.98 Å². The van der Waals surface area contributed by atoms with Gasteiger partial charge in [-0.25, -0.2) is 9.37 Å². The van der Waals surface area contributed by atoms with Gasteiger partial charge in [0.15, 0.2) is 0 Å². The summed E-state index contributed by atoms with van der Waals surface area (Å²) in [5.74, 6) is 0.259. The van der Waals surface area contributed by atoms with E-state index < -0.39 is 0 Å². The first-order valence-corrected chi connectivity index (χ1v) is 8.82. The summed E-state index contributed by atoms with van der Waals surface area (Å²) in [5, 5.41) is 0.405. The lowest BCUT2D eigenvalue weighted by Crippen LogP contribution is -2.35. The molecule has 1 aliphatic rings. The Morgan fingerprint density at radius 3 is 2.73 bits per heavy atom. The molecule has 1 N–H and O–H groups in total. The van der Waals surface area contributed by atoms with Crippen molar-refractivity contribution in [3.63, 3.8) is 0 Å². The summed E-state index contributed by atoms with van der Waals surface area (Å²) < 4.78 is 14.0. The second-order valence-electron chi connectivity index (χ2n) is 6.37. The molecule has 0 fully saturated rings. The number of nitrogens with one attached hydrogen (secondary N) is 1. The average Bonchev–Trinajstić information content (AvgIpc) is 2.66. The minimum atomic E-state index is -0.324. The van der Waals surface area contributed by atoms with E-state index in [1.165, 1.54) is 6.07 Å². The second-order valence-corrected chi connectivity index (χ2v) is 6.77. The number of aromatic nitrogens is 2. The van der Waals surface area contributed by atoms with Gasteiger partial charge in [-0.2, -0.15) is 0 Å². The molecule has 132 valence electrons. The van der Waals surface area contributed by atoms with Crippen LogP contribution in [0.5, 0.6) is 0 Å². The predicted octanol–water partition coefficient (Wildman–Crippen LogP) is 3.79. The molecule has 1 aliphatic heterocycles. The van der Waals surface area contributed by atoms with Crippen LogP contribution in [0.25, 0.3) is 11.4 Å². The number of fused-ring (bicyclic) bond motifs is 1. The summed E-state index contributed by atoms with van der Waals surface area (Å²) in [6, 6.07) is 14.2. The molecule has 26 heavy (non-hydrogen) atoms. The SMILES string of the molecule is O=c1[nH]c(-c2ccccc2)nc2c1CN(Cc1c(F)cccc1Cl)CC2. The zero-order valence-corrected chi connectivity index (χ0v) is 14.8. The van der Waals surface area contributed by atoms with E-state index in [0.29, 0.717) is 48.0 Å². The first-order valence-electron chi connectivity index (χ1n) is 8.44. The van der Waals surface area contributed by atoms with Gasteiger partial charge in [0.25, 0.3) is 5.56 Å². The van der Waals surface area contributed by atoms with Crippen LogP contribution in [0.2, 0.25) is 5.02 Å². The lowest BCUT2D eigenvalue weighted by atomic mass is 10.1. The molecule has 0 radical (unpaired) electrons. The Bertz CT molecular complexity index is 983. The molecule has 4 nitrogen and oxygen atoms in total. The van der Waals surface area contributed by atoms with Crippen LogP contribution >= 0.6 is 11.6 Å². The molecule has 0 saturated carbocycles. The smallest absolute Gasteiger partial charge is 0.255 e. The zero-order chi connectivity index (χ0) is 18.1. The van der Waals surface area contributed by atoms with Crippen molar-refractivity contribution >= 4 is 11.6 Å². The van der Waals surface area contributed by atoms with Crippen LogP contribution in [0.4, 0.5) is 4.39 Å². The number of hydrogen-bond acceptors (Lipinski definition) is 3. The van der Waals surface area contributed by atoms with E-state index in [-0.39, 0.29) is 11.4 Å². The number of rotatable bonds is 3. The van der Waals surface area contributed by atoms with E-state index in [4.69, 9.17) is 11.6 Å². The molecule has 0 unspecified atom stereocenters. The quantitative estimate of drug-likeness (QED) is 0.764. The van der Waals surface area contributed by atoms with Gasteiger partial charge in [-0.3, -0.25) is 9.69 Å². The van der Waals surface area contributed by atoms with Crippen LogP contribution in [0.3, 0.4) is 0 Å². The van der Waals surface area contributed by atoms with Gasteiger partial charge in [-0.05, 0) is 12.1 Å². The number of benzene rings is 2. The summed E-state index contributed by atoms with van der Waals surface area (Å²) in [5.41, 5.74) is 2.65. The van der Waals surface area contributed by atoms with E-state index >= 15 is 0 Å². The van der Waals surface area contributed by atoms with Crippen LogP contribution < -0.4 is 5.56 Å². The molecule has 3 aromatic rings. The van der Waals surface area contributed by atoms with Crippen molar-refractivity contribution in [2.45, 2.75) is 19.5 Å². The number of hydrogen-bond donors (Lipinski definition) is 1. The largest absolute Gasteiger partial charge is 0.306 e. The summed E-state index contributed by atoms with van der Waals surface area (Å²) in [7, 11) is 0. The molecule has 6 heteroatoms. The van der Waals surface area contributed by atoms with Crippen LogP contribution in [-0.4, -0.2) is 21.4 Å². The normalized spacial score (nSPS) is 14.2. The Morgan fingerprint density at radius 1 is 1.15 bits per heavy atom. The fourth-order valence-electron chi connectivity index (χ4n) is 3.26. The first kappa shape index (κ1) is 16.9. The van der Waals surface area contributed by atoms with Gasteiger partial charge in [0.1, 0.15) is 11.6 Å². The Labute approximate surface area is 155 Å². The second kappa shape index (κ2) is 7.02. The van der Waals surface area contributed by atoms with Gasteiger partial charge >= 0.3 is 0 Å². The highest BCUT2D eigenvalue weighted by Crippen LogP contribution is 2.24. The van der Waals surface area contributed by atoms with E-state index in [0.717, 1.165) is 11.3 Å². The Morgan fingerprint density at radius 2 is 1.96 bits per heavy atom. The van der Waals surface area contributed by atoms with Crippen molar-refractivity contribution in [2.75, 3.05) is 6.54 Å². The molecule has 0 spiro atoms. The van der Waals surface area contributed by atoms with Crippen molar-refractivity contribution < 1.29 is 4.39 Å². The average molecular weight is 370 g/mol. The van der Waals surface area contributed by atoms with E-state index in [9.17, 15) is 9.18 Å². The fourth-order valence-corrected chi connectivity index (χ4v) is 3.48. The number of nitrogens with zero attached hydrogens (tertiary/aromatic N) is 2. The van der Waals surface area contributed by atoms with E-state index in [1.54, 1.807) is 12.1 Å². The van der Waals surface area contributed by atoms with E-state index in [1.807, 2.05) is 35.2 Å². The highest BCUT2D eigenvalue weighted by atomic mass is 35.5. The molecular weight excluding hydrogens is 353 g/mol. The van der Waals surface area contributed by atoms with Crippen LogP contribution in [0.1, 0.15) is 16.8 Å². The number of halogens is 2. The Kier molecular flexibility index (Phi) is 4.57. The maximum Gasteiger partial charge on any atom is 0.255 e. The summed E-state index contributed by atoms with van der Waals surface area (Å²) >= 11 is 6.12. The van der Waals surface area contributed by atoms with Gasteiger partial charge in [0.2, 0.25) is 0 Å². The third kappa shape index (κ3) is 3.28. The summed E-state index contributed by atoms with van der Waals surface area (Å²) in [6.07, 6.45) is 0.644. The van der Waals surface area contributed by atoms with Crippen molar-refractivity contribution in [1.29, 1.82) is 0 Å². The van der Waals surface area contributed by atoms with Crippen molar-refractivity contribution in [2.24, 2.45) is 0 Å². The molecule has 2 heterocycles. The predicted molar refractivity (Wildman–Crippen MR) is 99.5 cm³/mol. The third-order valence-electron chi connectivity index (χ3n) is 4.64. The molecule has 2 aromatic carbocycles. The lowest BCUT2D eigenvalue weighted by Gasteiger charge is -2.28. The zero-order valence-electron chi connectivity index (χ0n) is 14.0. The van der Waals surface area contributed by atoms with E-state index in [2.05, 4.69) is 9.97 Å². The third-order valence-corrected chi connectivity index (χ3v) is 4.99. The topological polar surface area (TPSA) is 49.0 Å². The monoisotopic (exact) mass is 369 g/mol. The standard InChI is InChI=1S/C20H17ClFN3O/c21-16-7-4-8-17(22)14(16)11-25-10-9-18-15(12-25)20(26)24-19(23-18)13-5-2-1-3-6-13/h1-8H,9-12H2,(H,23,24,26). The molecule has 0 bridgehead atoms. The summed E-state index contributed by atoms with van der Waals surface area (Å²) in [4.78, 5) is 22.1. The van der Waals surface area contributed by atoms with Crippen LogP contribution in [-0.2, 0) is 19.5 Å². The van der Waals surface area contributed by atoms with Crippen molar-refractivity contribution in [3.8, 4) is 11.4 Å². The van der Waals surface area contributed by atoms with Gasteiger partial charge in [-0.1, -0.05) is 48.0 Å². The van der Waals surface area contributed by atoms with Gasteiger partial charge in [0.05, 0.1) is 11.3 Å². The first-order chi connectivity index (χ1) is 12.6. The Balaban J connectivity index is 1.61. The van der Waals surface area contributed by atoms with Crippen LogP contribution in [0, 0.1) is 5.82 Å². The highest BCUT2D eigenvalue weighted by molar-refractivity contribution is 6.31. The van der Waals surface area contributed by atoms with Crippen molar-refractivity contribution in [1.82, 2.24) is 14.9 Å². The van der Waals surface area contributed by atoms with Crippen LogP contribution in [0.15, 0.2) is 53.3 Å². The molecule has 0 amide bonds. The minimum absolute atomic E-state index is 0.141. The maximum atomic E-state index is 14.0. The van der Waals surface area contributed by atoms with Gasteiger partial charge in [0, 0.05) is 42.2 Å². The molecule has 4 rings (SSSR count). The van der Waals surface area contributed by atoms with Gasteiger partial charge in [-0.15, -0.1) is 0 Å². The van der Waals surface area contributed by atoms with Crippen molar-refractivity contribution in [3.05, 3.63) is 86.5 Å².